The van der Waals surface area contributed by atoms with Gasteiger partial charge in [-0.2, -0.15) is 0 Å². The molecule has 0 aliphatic heterocycles. The van der Waals surface area contributed by atoms with Gasteiger partial charge in [-0.15, -0.1) is 11.8 Å². The van der Waals surface area contributed by atoms with Crippen LogP contribution in [0.5, 0.6) is 0 Å². The number of rotatable bonds is 5. The van der Waals surface area contributed by atoms with Crippen LogP contribution in [-0.4, -0.2) is 22.3 Å². The van der Waals surface area contributed by atoms with Crippen LogP contribution in [0.2, 0.25) is 0 Å². The molecule has 0 bridgehead atoms. The van der Waals surface area contributed by atoms with E-state index in [0.29, 0.717) is 0 Å². The summed E-state index contributed by atoms with van der Waals surface area (Å²) in [6, 6.07) is 2.02. The van der Waals surface area contributed by atoms with Gasteiger partial charge >= 0.3 is 0 Å². The summed E-state index contributed by atoms with van der Waals surface area (Å²) < 4.78 is 0. The highest BCUT2D eigenvalue weighted by molar-refractivity contribution is 7.99. The highest BCUT2D eigenvalue weighted by atomic mass is 32.2. The van der Waals surface area contributed by atoms with Crippen molar-refractivity contribution in [3.63, 3.8) is 0 Å². The molecule has 1 aromatic rings. The van der Waals surface area contributed by atoms with Crippen molar-refractivity contribution in [1.29, 1.82) is 0 Å². The molecule has 14 heavy (non-hydrogen) atoms. The number of hydrogen-bond donors (Lipinski definition) is 1. The van der Waals surface area contributed by atoms with Gasteiger partial charge in [0.25, 0.3) is 0 Å². The Kier molecular flexibility index (Phi) is 4.73. The van der Waals surface area contributed by atoms with Gasteiger partial charge in [0.15, 0.2) is 0 Å². The molecule has 0 spiro atoms. The van der Waals surface area contributed by atoms with Gasteiger partial charge in [-0.3, -0.25) is 0 Å². The SMILES string of the molecule is CCCNc1nc(C)cc(SCC)n1. The Hall–Kier alpha value is -0.770. The maximum Gasteiger partial charge on any atom is 0.223 e. The van der Waals surface area contributed by atoms with Crippen molar-refractivity contribution in [3.05, 3.63) is 11.8 Å². The number of aryl methyl sites for hydroxylation is 1. The van der Waals surface area contributed by atoms with Crippen molar-refractivity contribution in [2.45, 2.75) is 32.2 Å². The van der Waals surface area contributed by atoms with E-state index in [0.717, 1.165) is 35.4 Å². The fraction of sp³-hybridized carbons (Fsp3) is 0.600. The minimum atomic E-state index is 0.753. The quantitative estimate of drug-likeness (QED) is 0.600. The van der Waals surface area contributed by atoms with Gasteiger partial charge in [0.2, 0.25) is 5.95 Å². The molecule has 0 saturated heterocycles. The van der Waals surface area contributed by atoms with E-state index in [2.05, 4.69) is 29.1 Å². The van der Waals surface area contributed by atoms with E-state index >= 15 is 0 Å². The van der Waals surface area contributed by atoms with E-state index < -0.39 is 0 Å². The fourth-order valence-corrected chi connectivity index (χ4v) is 1.78. The monoisotopic (exact) mass is 211 g/mol. The van der Waals surface area contributed by atoms with Crippen LogP contribution in [0.1, 0.15) is 26.0 Å². The Morgan fingerprint density at radius 1 is 1.36 bits per heavy atom. The molecule has 78 valence electrons. The molecule has 4 heteroatoms. The summed E-state index contributed by atoms with van der Waals surface area (Å²) in [7, 11) is 0. The number of anilines is 1. The highest BCUT2D eigenvalue weighted by Gasteiger charge is 2.00. The first kappa shape index (κ1) is 11.3. The zero-order valence-electron chi connectivity index (χ0n) is 9.00. The Bertz CT molecular complexity index is 289. The third-order valence-electron chi connectivity index (χ3n) is 1.66. The number of nitrogens with zero attached hydrogens (tertiary/aromatic N) is 2. The lowest BCUT2D eigenvalue weighted by atomic mass is 10.4. The van der Waals surface area contributed by atoms with E-state index in [9.17, 15) is 0 Å². The molecule has 0 unspecified atom stereocenters. The van der Waals surface area contributed by atoms with Crippen molar-refractivity contribution in [2.24, 2.45) is 0 Å². The van der Waals surface area contributed by atoms with Gasteiger partial charge in [0.1, 0.15) is 5.03 Å². The fourth-order valence-electron chi connectivity index (χ4n) is 1.08. The molecule has 0 saturated carbocycles. The summed E-state index contributed by atoms with van der Waals surface area (Å²) >= 11 is 1.75. The summed E-state index contributed by atoms with van der Waals surface area (Å²) in [5.41, 5.74) is 1.02. The van der Waals surface area contributed by atoms with Crippen LogP contribution >= 0.6 is 11.8 Å². The average Bonchev–Trinajstić information content (AvgIpc) is 2.14. The van der Waals surface area contributed by atoms with Gasteiger partial charge < -0.3 is 5.32 Å². The maximum atomic E-state index is 4.40. The first-order chi connectivity index (χ1) is 6.76. The first-order valence-electron chi connectivity index (χ1n) is 4.98. The predicted octanol–water partition coefficient (Wildman–Crippen LogP) is 2.72. The molecule has 0 aromatic carbocycles. The first-order valence-corrected chi connectivity index (χ1v) is 5.97. The molecule has 3 nitrogen and oxygen atoms in total. The second kappa shape index (κ2) is 5.86. The third-order valence-corrected chi connectivity index (χ3v) is 2.45. The molecule has 1 heterocycles. The normalized spacial score (nSPS) is 10.2. The van der Waals surface area contributed by atoms with Gasteiger partial charge in [0, 0.05) is 12.2 Å². The van der Waals surface area contributed by atoms with Crippen LogP contribution in [0.4, 0.5) is 5.95 Å². The average molecular weight is 211 g/mol. The van der Waals surface area contributed by atoms with Crippen LogP contribution in [0.3, 0.4) is 0 Å². The number of thioether (sulfide) groups is 1. The second-order valence-corrected chi connectivity index (χ2v) is 4.32. The number of nitrogens with one attached hydrogen (secondary N) is 1. The van der Waals surface area contributed by atoms with Gasteiger partial charge in [-0.25, -0.2) is 9.97 Å². The zero-order chi connectivity index (χ0) is 10.4. The molecular weight excluding hydrogens is 194 g/mol. The van der Waals surface area contributed by atoms with Crippen LogP contribution in [0.15, 0.2) is 11.1 Å². The molecule has 0 radical (unpaired) electrons. The third kappa shape index (κ3) is 3.54. The summed E-state index contributed by atoms with van der Waals surface area (Å²) in [6.45, 7) is 7.18. The lowest BCUT2D eigenvalue weighted by Gasteiger charge is -2.05. The zero-order valence-corrected chi connectivity index (χ0v) is 9.82. The van der Waals surface area contributed by atoms with E-state index in [1.54, 1.807) is 11.8 Å². The van der Waals surface area contributed by atoms with Crippen molar-refractivity contribution in [1.82, 2.24) is 9.97 Å². The van der Waals surface area contributed by atoms with Crippen molar-refractivity contribution >= 4 is 17.7 Å². The van der Waals surface area contributed by atoms with Gasteiger partial charge in [0.05, 0.1) is 0 Å². The number of hydrogen-bond acceptors (Lipinski definition) is 4. The topological polar surface area (TPSA) is 37.8 Å². The van der Waals surface area contributed by atoms with E-state index in [-0.39, 0.29) is 0 Å². The Labute approximate surface area is 89.7 Å². The molecule has 0 fully saturated rings. The van der Waals surface area contributed by atoms with E-state index in [4.69, 9.17) is 0 Å². The molecule has 1 N–H and O–H groups in total. The Morgan fingerprint density at radius 3 is 2.79 bits per heavy atom. The summed E-state index contributed by atoms with van der Waals surface area (Å²) in [5, 5.41) is 4.25. The minimum Gasteiger partial charge on any atom is -0.354 e. The summed E-state index contributed by atoms with van der Waals surface area (Å²) in [4.78, 5) is 8.72. The molecule has 0 atom stereocenters. The predicted molar refractivity (Wildman–Crippen MR) is 61.9 cm³/mol. The van der Waals surface area contributed by atoms with Crippen LogP contribution in [0.25, 0.3) is 0 Å². The van der Waals surface area contributed by atoms with Crippen molar-refractivity contribution < 1.29 is 0 Å². The second-order valence-electron chi connectivity index (χ2n) is 3.03. The maximum absolute atomic E-state index is 4.40. The molecule has 1 aromatic heterocycles. The van der Waals surface area contributed by atoms with Crippen LogP contribution < -0.4 is 5.32 Å². The lowest BCUT2D eigenvalue weighted by Crippen LogP contribution is -2.05. The molecule has 0 aliphatic carbocycles. The van der Waals surface area contributed by atoms with Crippen molar-refractivity contribution in [2.75, 3.05) is 17.6 Å². The summed E-state index contributed by atoms with van der Waals surface area (Å²) in [5.74, 6) is 1.80. The molecule has 0 aliphatic rings. The largest absolute Gasteiger partial charge is 0.354 e. The summed E-state index contributed by atoms with van der Waals surface area (Å²) in [6.07, 6.45) is 1.09. The lowest BCUT2D eigenvalue weighted by molar-refractivity contribution is 0.924. The molecule has 0 amide bonds. The Morgan fingerprint density at radius 2 is 2.14 bits per heavy atom. The van der Waals surface area contributed by atoms with Gasteiger partial charge in [-0.05, 0) is 25.2 Å². The van der Waals surface area contributed by atoms with Crippen LogP contribution in [0, 0.1) is 6.92 Å². The van der Waals surface area contributed by atoms with Crippen molar-refractivity contribution in [3.8, 4) is 0 Å². The smallest absolute Gasteiger partial charge is 0.223 e. The van der Waals surface area contributed by atoms with Gasteiger partial charge in [-0.1, -0.05) is 13.8 Å². The molecule has 1 rings (SSSR count). The minimum absolute atomic E-state index is 0.753. The van der Waals surface area contributed by atoms with E-state index in [1.807, 2.05) is 13.0 Å². The number of aromatic nitrogens is 2. The highest BCUT2D eigenvalue weighted by Crippen LogP contribution is 2.16. The van der Waals surface area contributed by atoms with Crippen LogP contribution in [-0.2, 0) is 0 Å². The Balaban J connectivity index is 2.73. The molecular formula is C10H17N3S. The van der Waals surface area contributed by atoms with E-state index in [1.165, 1.54) is 0 Å². The standard InChI is InChI=1S/C10H17N3S/c1-4-6-11-10-12-8(3)7-9(13-10)14-5-2/h7H,4-6H2,1-3H3,(H,11,12,13).